The molecule has 4 rings (SSSR count). The lowest BCUT2D eigenvalue weighted by molar-refractivity contribution is -0.154. The lowest BCUT2D eigenvalue weighted by Crippen LogP contribution is -2.55. The van der Waals surface area contributed by atoms with Crippen LogP contribution in [-0.2, 0) is 19.1 Å². The van der Waals surface area contributed by atoms with E-state index in [1.54, 1.807) is 32.0 Å². The van der Waals surface area contributed by atoms with Gasteiger partial charge in [-0.25, -0.2) is 9.18 Å². The number of methoxy groups -OCH3 is 1. The predicted octanol–water partition coefficient (Wildman–Crippen LogP) is 3.15. The summed E-state index contributed by atoms with van der Waals surface area (Å²) in [5, 5.41) is 6.06. The monoisotopic (exact) mass is 470 g/mol. The van der Waals surface area contributed by atoms with Crippen molar-refractivity contribution < 1.29 is 33.0 Å². The third-order valence-electron chi connectivity index (χ3n) is 6.51. The second-order valence-electron chi connectivity index (χ2n) is 8.71. The highest BCUT2D eigenvalue weighted by atomic mass is 19.1. The molecule has 180 valence electrons. The van der Waals surface area contributed by atoms with E-state index in [4.69, 9.17) is 14.2 Å². The largest absolute Gasteiger partial charge is 0.493 e. The van der Waals surface area contributed by atoms with Crippen molar-refractivity contribution in [1.29, 1.82) is 0 Å². The van der Waals surface area contributed by atoms with Gasteiger partial charge in [0.2, 0.25) is 5.91 Å². The average molecular weight is 470 g/mol. The van der Waals surface area contributed by atoms with Crippen LogP contribution in [0.4, 0.5) is 10.1 Å². The summed E-state index contributed by atoms with van der Waals surface area (Å²) >= 11 is 0. The third-order valence-corrected chi connectivity index (χ3v) is 6.51. The zero-order chi connectivity index (χ0) is 24.6. The fraction of sp³-hybridized carbons (Fsp3) is 0.400. The molecule has 0 aromatic heterocycles. The van der Waals surface area contributed by atoms with Gasteiger partial charge in [-0.05, 0) is 56.7 Å². The Hall–Kier alpha value is -3.46. The minimum atomic E-state index is -1.43. The van der Waals surface area contributed by atoms with Crippen molar-refractivity contribution in [2.75, 3.05) is 25.6 Å². The van der Waals surface area contributed by atoms with E-state index in [2.05, 4.69) is 10.6 Å². The SMILES string of the molecule is CCOC(=O)[C@@H]1[C@H]2COc3ccc(F)cc3[C@@H]2N[C@]1(C)C(=O)Nc1cc(C)ccc1C(=O)OC. The average Bonchev–Trinajstić information content (AvgIpc) is 3.12. The van der Waals surface area contributed by atoms with Crippen molar-refractivity contribution in [3.05, 3.63) is 58.9 Å². The van der Waals surface area contributed by atoms with Gasteiger partial charge in [0, 0.05) is 17.5 Å². The number of carbonyl (C=O) groups is 3. The first-order valence-electron chi connectivity index (χ1n) is 11.1. The highest BCUT2D eigenvalue weighted by molar-refractivity contribution is 6.06. The van der Waals surface area contributed by atoms with Gasteiger partial charge in [-0.2, -0.15) is 0 Å². The van der Waals surface area contributed by atoms with Crippen LogP contribution in [0.2, 0.25) is 0 Å². The summed E-state index contributed by atoms with van der Waals surface area (Å²) in [6.45, 7) is 5.41. The predicted molar refractivity (Wildman–Crippen MR) is 121 cm³/mol. The molecule has 2 aromatic carbocycles. The van der Waals surface area contributed by atoms with Crippen LogP contribution in [0.25, 0.3) is 0 Å². The maximum Gasteiger partial charge on any atom is 0.339 e. The Kier molecular flexibility index (Phi) is 6.31. The molecule has 2 N–H and O–H groups in total. The number of hydrogen-bond donors (Lipinski definition) is 2. The smallest absolute Gasteiger partial charge is 0.339 e. The van der Waals surface area contributed by atoms with E-state index in [0.29, 0.717) is 11.3 Å². The molecule has 2 aromatic rings. The van der Waals surface area contributed by atoms with E-state index in [1.807, 2.05) is 6.92 Å². The van der Waals surface area contributed by atoms with Gasteiger partial charge in [-0.1, -0.05) is 6.07 Å². The molecule has 4 atom stereocenters. The Morgan fingerprint density at radius 3 is 2.71 bits per heavy atom. The molecule has 0 saturated carbocycles. The van der Waals surface area contributed by atoms with Crippen LogP contribution in [0.3, 0.4) is 0 Å². The lowest BCUT2D eigenvalue weighted by atomic mass is 9.77. The van der Waals surface area contributed by atoms with Crippen molar-refractivity contribution in [3.63, 3.8) is 0 Å². The van der Waals surface area contributed by atoms with E-state index in [0.717, 1.165) is 5.56 Å². The molecule has 0 unspecified atom stereocenters. The minimum Gasteiger partial charge on any atom is -0.493 e. The Morgan fingerprint density at radius 1 is 1.24 bits per heavy atom. The Morgan fingerprint density at radius 2 is 2.00 bits per heavy atom. The number of nitrogens with one attached hydrogen (secondary N) is 2. The number of benzene rings is 2. The molecule has 2 aliphatic heterocycles. The number of hydrogen-bond acceptors (Lipinski definition) is 7. The standard InChI is InChI=1S/C25H27FN2O6/c1-5-33-23(30)20-17-12-34-19-9-7-14(26)11-16(19)21(17)28-25(20,3)24(31)27-18-10-13(2)6-8-15(18)22(29)32-4/h6-11,17,20-21,28H,5,12H2,1-4H3,(H,27,31)/t17-,20+,21+,25+/m1/s1. The second kappa shape index (κ2) is 9.06. The number of anilines is 1. The van der Waals surface area contributed by atoms with Gasteiger partial charge >= 0.3 is 11.9 Å². The quantitative estimate of drug-likeness (QED) is 0.647. The molecule has 34 heavy (non-hydrogen) atoms. The van der Waals surface area contributed by atoms with Crippen LogP contribution in [0.5, 0.6) is 5.75 Å². The zero-order valence-corrected chi connectivity index (χ0v) is 19.4. The number of amides is 1. The Balaban J connectivity index is 1.73. The number of rotatable bonds is 5. The van der Waals surface area contributed by atoms with Gasteiger partial charge in [0.05, 0.1) is 37.5 Å². The fourth-order valence-electron chi connectivity index (χ4n) is 4.87. The molecule has 2 heterocycles. The van der Waals surface area contributed by atoms with Gasteiger partial charge < -0.3 is 19.5 Å². The fourth-order valence-corrected chi connectivity index (χ4v) is 4.87. The van der Waals surface area contributed by atoms with Crippen molar-refractivity contribution in [1.82, 2.24) is 5.32 Å². The van der Waals surface area contributed by atoms with Crippen LogP contribution >= 0.6 is 0 Å². The van der Waals surface area contributed by atoms with E-state index < -0.39 is 47.1 Å². The number of carbonyl (C=O) groups excluding carboxylic acids is 3. The van der Waals surface area contributed by atoms with E-state index in [9.17, 15) is 18.8 Å². The van der Waals surface area contributed by atoms with E-state index >= 15 is 0 Å². The van der Waals surface area contributed by atoms with E-state index in [-0.39, 0.29) is 24.5 Å². The summed E-state index contributed by atoms with van der Waals surface area (Å²) in [4.78, 5) is 39.0. The molecular weight excluding hydrogens is 443 g/mol. The molecule has 2 aliphatic rings. The summed E-state index contributed by atoms with van der Waals surface area (Å²) in [6, 6.07) is 8.63. The van der Waals surface area contributed by atoms with Gasteiger partial charge in [-0.3, -0.25) is 14.9 Å². The molecule has 9 heteroatoms. The van der Waals surface area contributed by atoms with Crippen LogP contribution in [-0.4, -0.2) is 43.7 Å². The topological polar surface area (TPSA) is 103 Å². The number of aryl methyl sites for hydroxylation is 1. The maximum absolute atomic E-state index is 14.1. The maximum atomic E-state index is 14.1. The van der Waals surface area contributed by atoms with Gasteiger partial charge in [0.1, 0.15) is 17.1 Å². The Labute approximate surface area is 196 Å². The molecule has 0 spiro atoms. The zero-order valence-electron chi connectivity index (χ0n) is 19.4. The van der Waals surface area contributed by atoms with Crippen molar-refractivity contribution in [3.8, 4) is 5.75 Å². The molecule has 0 radical (unpaired) electrons. The normalized spacial score (nSPS) is 24.9. The molecule has 8 nitrogen and oxygen atoms in total. The summed E-state index contributed by atoms with van der Waals surface area (Å²) in [7, 11) is 1.26. The molecule has 0 bridgehead atoms. The Bertz CT molecular complexity index is 1150. The number of ether oxygens (including phenoxy) is 3. The van der Waals surface area contributed by atoms with Crippen molar-refractivity contribution >= 4 is 23.5 Å². The highest BCUT2D eigenvalue weighted by Gasteiger charge is 2.60. The number of halogens is 1. The minimum absolute atomic E-state index is 0.140. The van der Waals surface area contributed by atoms with Crippen molar-refractivity contribution in [2.45, 2.75) is 32.4 Å². The molecule has 1 amide bonds. The summed E-state index contributed by atoms with van der Waals surface area (Å²) < 4.78 is 30.0. The first kappa shape index (κ1) is 23.7. The molecule has 1 saturated heterocycles. The summed E-state index contributed by atoms with van der Waals surface area (Å²) in [5.74, 6) is -3.03. The summed E-state index contributed by atoms with van der Waals surface area (Å²) in [6.07, 6.45) is 0. The number of esters is 2. The lowest BCUT2D eigenvalue weighted by Gasteiger charge is -2.31. The van der Waals surface area contributed by atoms with Crippen molar-refractivity contribution in [2.24, 2.45) is 11.8 Å². The summed E-state index contributed by atoms with van der Waals surface area (Å²) in [5.41, 5.74) is 0.369. The van der Waals surface area contributed by atoms with Gasteiger partial charge in [-0.15, -0.1) is 0 Å². The van der Waals surface area contributed by atoms with Crippen LogP contribution in [0.1, 0.15) is 41.4 Å². The molecule has 1 fully saturated rings. The first-order chi connectivity index (χ1) is 16.2. The van der Waals surface area contributed by atoms with Crippen LogP contribution < -0.4 is 15.4 Å². The van der Waals surface area contributed by atoms with Crippen LogP contribution in [0.15, 0.2) is 36.4 Å². The van der Waals surface area contributed by atoms with Gasteiger partial charge in [0.25, 0.3) is 0 Å². The highest BCUT2D eigenvalue weighted by Crippen LogP contribution is 2.49. The molecular formula is C25H27FN2O6. The first-order valence-corrected chi connectivity index (χ1v) is 11.1. The number of fused-ring (bicyclic) bond motifs is 3. The van der Waals surface area contributed by atoms with E-state index in [1.165, 1.54) is 25.3 Å². The third kappa shape index (κ3) is 4.00. The second-order valence-corrected chi connectivity index (χ2v) is 8.71. The molecule has 0 aliphatic carbocycles. The van der Waals surface area contributed by atoms with Gasteiger partial charge in [0.15, 0.2) is 0 Å². The van der Waals surface area contributed by atoms with Crippen LogP contribution in [0, 0.1) is 24.6 Å².